The van der Waals surface area contributed by atoms with Crippen molar-refractivity contribution in [2.24, 2.45) is 18.7 Å². The first-order valence-corrected chi connectivity index (χ1v) is 6.09. The lowest BCUT2D eigenvalue weighted by atomic mass is 10.1. The minimum atomic E-state index is -0.103. The van der Waals surface area contributed by atoms with Gasteiger partial charge >= 0.3 is 0 Å². The number of rotatable bonds is 2. The summed E-state index contributed by atoms with van der Waals surface area (Å²) in [4.78, 5) is 13.9. The molecule has 1 aliphatic rings. The van der Waals surface area contributed by atoms with Crippen LogP contribution in [-0.4, -0.2) is 29.4 Å². The lowest BCUT2D eigenvalue weighted by molar-refractivity contribution is 0.602. The van der Waals surface area contributed by atoms with Crippen LogP contribution in [0.3, 0.4) is 0 Å². The largest absolute Gasteiger partial charge is 0.369 e. The fourth-order valence-electron chi connectivity index (χ4n) is 1.97. The van der Waals surface area contributed by atoms with Gasteiger partial charge in [-0.15, -0.1) is 0 Å². The number of aryl methyl sites for hydroxylation is 1. The summed E-state index contributed by atoms with van der Waals surface area (Å²) in [7, 11) is 1.64. The fourth-order valence-corrected chi connectivity index (χ4v) is 2.58. The van der Waals surface area contributed by atoms with E-state index in [1.54, 1.807) is 13.2 Å². The average Bonchev–Trinajstić information content (AvgIpc) is 2.74. The molecule has 2 heterocycles. The van der Waals surface area contributed by atoms with Crippen molar-refractivity contribution in [2.45, 2.75) is 6.42 Å². The Morgan fingerprint density at radius 3 is 3.06 bits per heavy atom. The molecule has 0 radical (unpaired) electrons. The molecule has 0 spiro atoms. The number of halogens is 1. The Labute approximate surface area is 102 Å². The van der Waals surface area contributed by atoms with Gasteiger partial charge in [0, 0.05) is 20.1 Å². The summed E-state index contributed by atoms with van der Waals surface area (Å²) in [5.41, 5.74) is 6.42. The summed E-state index contributed by atoms with van der Waals surface area (Å²) in [6.07, 6.45) is 2.81. The first-order valence-electron chi connectivity index (χ1n) is 5.30. The maximum atomic E-state index is 11.7. The molecular formula is C10H15BrN4O. The topological polar surface area (TPSA) is 64.2 Å². The zero-order valence-corrected chi connectivity index (χ0v) is 10.8. The molecule has 2 rings (SSSR count). The van der Waals surface area contributed by atoms with Crippen LogP contribution in [0.5, 0.6) is 0 Å². The Kier molecular flexibility index (Phi) is 3.30. The van der Waals surface area contributed by atoms with Crippen LogP contribution in [0.25, 0.3) is 0 Å². The zero-order valence-electron chi connectivity index (χ0n) is 9.19. The summed E-state index contributed by atoms with van der Waals surface area (Å²) >= 11 is 3.34. The Hall–Kier alpha value is -0.880. The minimum Gasteiger partial charge on any atom is -0.369 e. The van der Waals surface area contributed by atoms with Gasteiger partial charge in [-0.1, -0.05) is 0 Å². The van der Waals surface area contributed by atoms with Crippen LogP contribution in [-0.2, 0) is 7.05 Å². The number of aromatic nitrogens is 2. The van der Waals surface area contributed by atoms with E-state index in [1.807, 2.05) is 0 Å². The van der Waals surface area contributed by atoms with Gasteiger partial charge in [-0.05, 0) is 34.8 Å². The number of hydrogen-bond donors (Lipinski definition) is 1. The molecule has 1 fully saturated rings. The van der Waals surface area contributed by atoms with Crippen LogP contribution < -0.4 is 16.2 Å². The van der Waals surface area contributed by atoms with Gasteiger partial charge in [0.25, 0.3) is 5.56 Å². The third kappa shape index (κ3) is 1.99. The van der Waals surface area contributed by atoms with Crippen LogP contribution >= 0.6 is 15.9 Å². The highest BCUT2D eigenvalue weighted by Gasteiger charge is 2.24. The molecule has 6 heteroatoms. The summed E-state index contributed by atoms with van der Waals surface area (Å²) in [5.74, 6) is 0.524. The van der Waals surface area contributed by atoms with Crippen LogP contribution in [0.1, 0.15) is 6.42 Å². The van der Waals surface area contributed by atoms with E-state index in [0.717, 1.165) is 25.2 Å². The number of anilines is 1. The predicted octanol–water partition coefficient (Wildman–Crippen LogP) is 0.328. The van der Waals surface area contributed by atoms with Crippen molar-refractivity contribution in [2.75, 3.05) is 24.5 Å². The van der Waals surface area contributed by atoms with Crippen molar-refractivity contribution in [1.82, 2.24) is 9.78 Å². The SMILES string of the molecule is Cn1ncc(N2CCC(CN)C2)c(Br)c1=O. The first-order chi connectivity index (χ1) is 7.63. The molecule has 5 nitrogen and oxygen atoms in total. The third-order valence-corrected chi connectivity index (χ3v) is 3.77. The van der Waals surface area contributed by atoms with Crippen molar-refractivity contribution in [3.63, 3.8) is 0 Å². The summed E-state index contributed by atoms with van der Waals surface area (Å²) in [5, 5.41) is 4.04. The normalized spacial score (nSPS) is 20.4. The van der Waals surface area contributed by atoms with Gasteiger partial charge < -0.3 is 10.6 Å². The average molecular weight is 287 g/mol. The van der Waals surface area contributed by atoms with Crippen molar-refractivity contribution in [3.8, 4) is 0 Å². The van der Waals surface area contributed by atoms with E-state index in [9.17, 15) is 4.79 Å². The molecule has 1 aliphatic heterocycles. The van der Waals surface area contributed by atoms with Gasteiger partial charge in [-0.2, -0.15) is 5.10 Å². The lowest BCUT2D eigenvalue weighted by Crippen LogP contribution is -2.27. The van der Waals surface area contributed by atoms with E-state index in [2.05, 4.69) is 25.9 Å². The van der Waals surface area contributed by atoms with Gasteiger partial charge in [0.1, 0.15) is 4.47 Å². The third-order valence-electron chi connectivity index (χ3n) is 3.02. The van der Waals surface area contributed by atoms with Gasteiger partial charge in [-0.3, -0.25) is 4.79 Å². The quantitative estimate of drug-likeness (QED) is 0.851. The molecule has 1 saturated heterocycles. The molecule has 1 aromatic heterocycles. The molecular weight excluding hydrogens is 272 g/mol. The van der Waals surface area contributed by atoms with E-state index in [1.165, 1.54) is 4.68 Å². The monoisotopic (exact) mass is 286 g/mol. The van der Waals surface area contributed by atoms with Crippen LogP contribution in [0.15, 0.2) is 15.5 Å². The van der Waals surface area contributed by atoms with Gasteiger partial charge in [-0.25, -0.2) is 4.68 Å². The molecule has 16 heavy (non-hydrogen) atoms. The second-order valence-corrected chi connectivity index (χ2v) is 4.90. The van der Waals surface area contributed by atoms with E-state index in [0.29, 0.717) is 16.9 Å². The molecule has 0 amide bonds. The van der Waals surface area contributed by atoms with Crippen molar-refractivity contribution < 1.29 is 0 Å². The van der Waals surface area contributed by atoms with Crippen molar-refractivity contribution >= 4 is 21.6 Å². The molecule has 2 N–H and O–H groups in total. The van der Waals surface area contributed by atoms with E-state index < -0.39 is 0 Å². The number of nitrogens with zero attached hydrogens (tertiary/aromatic N) is 3. The van der Waals surface area contributed by atoms with E-state index >= 15 is 0 Å². The number of nitrogens with two attached hydrogens (primary N) is 1. The van der Waals surface area contributed by atoms with Crippen molar-refractivity contribution in [3.05, 3.63) is 21.0 Å². The second kappa shape index (κ2) is 4.55. The summed E-state index contributed by atoms with van der Waals surface area (Å²) in [6.45, 7) is 2.55. The van der Waals surface area contributed by atoms with Gasteiger partial charge in [0.15, 0.2) is 0 Å². The van der Waals surface area contributed by atoms with Crippen LogP contribution in [0.2, 0.25) is 0 Å². The molecule has 0 aliphatic carbocycles. The Morgan fingerprint density at radius 1 is 1.69 bits per heavy atom. The molecule has 1 aromatic rings. The molecule has 88 valence electrons. The first kappa shape index (κ1) is 11.6. The zero-order chi connectivity index (χ0) is 11.7. The summed E-state index contributed by atoms with van der Waals surface area (Å²) in [6, 6.07) is 0. The predicted molar refractivity (Wildman–Crippen MR) is 66.6 cm³/mol. The highest BCUT2D eigenvalue weighted by molar-refractivity contribution is 9.10. The molecule has 0 saturated carbocycles. The fraction of sp³-hybridized carbons (Fsp3) is 0.600. The standard InChI is InChI=1S/C10H15BrN4O/c1-14-10(16)9(11)8(5-13-14)15-3-2-7(4-12)6-15/h5,7H,2-4,6,12H2,1H3. The molecule has 1 atom stereocenters. The molecule has 0 bridgehead atoms. The van der Waals surface area contributed by atoms with Crippen molar-refractivity contribution in [1.29, 1.82) is 0 Å². The highest BCUT2D eigenvalue weighted by atomic mass is 79.9. The van der Waals surface area contributed by atoms with E-state index in [4.69, 9.17) is 5.73 Å². The molecule has 1 unspecified atom stereocenters. The number of hydrogen-bond acceptors (Lipinski definition) is 4. The Balaban J connectivity index is 2.29. The smallest absolute Gasteiger partial charge is 0.282 e. The minimum absolute atomic E-state index is 0.103. The lowest BCUT2D eigenvalue weighted by Gasteiger charge is -2.19. The maximum absolute atomic E-state index is 11.7. The molecule has 0 aromatic carbocycles. The van der Waals surface area contributed by atoms with E-state index in [-0.39, 0.29) is 5.56 Å². The second-order valence-electron chi connectivity index (χ2n) is 4.11. The Bertz CT molecular complexity index is 445. The van der Waals surface area contributed by atoms with Crippen LogP contribution in [0.4, 0.5) is 5.69 Å². The Morgan fingerprint density at radius 2 is 2.44 bits per heavy atom. The van der Waals surface area contributed by atoms with Crippen LogP contribution in [0, 0.1) is 5.92 Å². The highest BCUT2D eigenvalue weighted by Crippen LogP contribution is 2.27. The summed E-state index contributed by atoms with van der Waals surface area (Å²) < 4.78 is 1.91. The maximum Gasteiger partial charge on any atom is 0.282 e. The van der Waals surface area contributed by atoms with Gasteiger partial charge in [0.2, 0.25) is 0 Å². The van der Waals surface area contributed by atoms with Gasteiger partial charge in [0.05, 0.1) is 11.9 Å².